The van der Waals surface area contributed by atoms with E-state index in [1.807, 2.05) is 6.07 Å². The average Bonchev–Trinajstić information content (AvgIpc) is 2.76. The molecular weight excluding hydrogens is 483 g/mol. The molecule has 3 aromatic rings. The van der Waals surface area contributed by atoms with Crippen molar-refractivity contribution < 1.29 is 18.3 Å². The number of rotatable bonds is 9. The summed E-state index contributed by atoms with van der Waals surface area (Å²) in [5, 5.41) is 16.6. The number of hydrogen-bond acceptors (Lipinski definition) is 5. The second kappa shape index (κ2) is 12.2. The van der Waals surface area contributed by atoms with Crippen molar-refractivity contribution in [2.45, 2.75) is 29.2 Å². The van der Waals surface area contributed by atoms with Crippen molar-refractivity contribution in [2.24, 2.45) is 0 Å². The van der Waals surface area contributed by atoms with Crippen molar-refractivity contribution >= 4 is 45.4 Å². The summed E-state index contributed by atoms with van der Waals surface area (Å²) in [6.07, 6.45) is 0.0233. The molecule has 0 aliphatic carbocycles. The van der Waals surface area contributed by atoms with Gasteiger partial charge in [-0.05, 0) is 66.6 Å². The number of aliphatic hydroxyl groups is 1. The first-order valence-electron chi connectivity index (χ1n) is 10.1. The van der Waals surface area contributed by atoms with Crippen LogP contribution in [0.1, 0.15) is 24.2 Å². The van der Waals surface area contributed by atoms with E-state index in [-0.39, 0.29) is 28.1 Å². The Morgan fingerprint density at radius 2 is 1.70 bits per heavy atom. The summed E-state index contributed by atoms with van der Waals surface area (Å²) in [4.78, 5) is 11.5. The fourth-order valence-electron chi connectivity index (χ4n) is 3.22. The minimum absolute atomic E-state index is 0. The monoisotopic (exact) mass is 508 g/mol. The van der Waals surface area contributed by atoms with Crippen molar-refractivity contribution in [1.82, 2.24) is 5.32 Å². The van der Waals surface area contributed by atoms with E-state index < -0.39 is 15.9 Å². The maximum absolute atomic E-state index is 12.9. The molecule has 3 N–H and O–H groups in total. The standard InChI is InChI=1S/C24H25ClN2O4S.ClH/c1-17(28)27-21-6-3-7-23(15-21)32(30,31)22-10-8-18(9-11-22)12-13-26-16-24(29)19-4-2-5-20(25)14-19;/h2-11,14-15,24,26,29H,12-13,16H2,1H3,(H,27,28);1H/t24-;/m1./s1. The first-order chi connectivity index (χ1) is 15.3. The van der Waals surface area contributed by atoms with Crippen LogP contribution in [0.25, 0.3) is 0 Å². The number of halogens is 2. The number of hydrogen-bond donors (Lipinski definition) is 3. The molecule has 0 bridgehead atoms. The van der Waals surface area contributed by atoms with Crippen LogP contribution in [0.2, 0.25) is 5.02 Å². The summed E-state index contributed by atoms with van der Waals surface area (Å²) in [6.45, 7) is 2.38. The lowest BCUT2D eigenvalue weighted by Crippen LogP contribution is -2.23. The highest BCUT2D eigenvalue weighted by atomic mass is 35.5. The Labute approximate surface area is 205 Å². The molecule has 0 aromatic heterocycles. The fraction of sp³-hybridized carbons (Fsp3) is 0.208. The predicted molar refractivity (Wildman–Crippen MR) is 133 cm³/mol. The fourth-order valence-corrected chi connectivity index (χ4v) is 4.72. The van der Waals surface area contributed by atoms with Crippen molar-refractivity contribution in [2.75, 3.05) is 18.4 Å². The third kappa shape index (κ3) is 7.55. The maximum atomic E-state index is 12.9. The second-order valence-electron chi connectivity index (χ2n) is 7.38. The lowest BCUT2D eigenvalue weighted by molar-refractivity contribution is -0.114. The van der Waals surface area contributed by atoms with E-state index in [1.165, 1.54) is 19.1 Å². The average molecular weight is 509 g/mol. The molecule has 0 aliphatic heterocycles. The Bertz CT molecular complexity index is 1190. The number of carbonyl (C=O) groups excluding carboxylic acids is 1. The number of nitrogens with one attached hydrogen (secondary N) is 2. The lowest BCUT2D eigenvalue weighted by atomic mass is 10.1. The normalized spacial score (nSPS) is 12.0. The first kappa shape index (κ1) is 26.8. The molecule has 3 aromatic carbocycles. The van der Waals surface area contributed by atoms with Gasteiger partial charge in [-0.3, -0.25) is 4.79 Å². The zero-order valence-corrected chi connectivity index (χ0v) is 20.4. The summed E-state index contributed by atoms with van der Waals surface area (Å²) >= 11 is 5.95. The van der Waals surface area contributed by atoms with Gasteiger partial charge in [0.05, 0.1) is 15.9 Å². The zero-order valence-electron chi connectivity index (χ0n) is 18.0. The second-order valence-corrected chi connectivity index (χ2v) is 9.77. The van der Waals surface area contributed by atoms with E-state index >= 15 is 0 Å². The molecule has 0 radical (unpaired) electrons. The number of sulfone groups is 1. The van der Waals surface area contributed by atoms with Gasteiger partial charge in [0.2, 0.25) is 15.7 Å². The van der Waals surface area contributed by atoms with E-state index in [2.05, 4.69) is 10.6 Å². The molecule has 1 amide bonds. The van der Waals surface area contributed by atoms with Crippen LogP contribution in [0.5, 0.6) is 0 Å². The Kier molecular flexibility index (Phi) is 9.88. The topological polar surface area (TPSA) is 95.5 Å². The van der Waals surface area contributed by atoms with E-state index in [1.54, 1.807) is 54.6 Å². The number of anilines is 1. The highest BCUT2D eigenvalue weighted by Crippen LogP contribution is 2.24. The van der Waals surface area contributed by atoms with Crippen LogP contribution in [0.3, 0.4) is 0 Å². The largest absolute Gasteiger partial charge is 0.387 e. The third-order valence-corrected chi connectivity index (χ3v) is 6.86. The van der Waals surface area contributed by atoms with Gasteiger partial charge >= 0.3 is 0 Å². The van der Waals surface area contributed by atoms with Gasteiger partial charge in [0, 0.05) is 24.2 Å². The predicted octanol–water partition coefficient (Wildman–Crippen LogP) is 4.42. The van der Waals surface area contributed by atoms with Gasteiger partial charge in [-0.1, -0.05) is 41.9 Å². The molecule has 33 heavy (non-hydrogen) atoms. The molecule has 1 atom stereocenters. The molecule has 0 saturated carbocycles. The van der Waals surface area contributed by atoms with Gasteiger partial charge in [0.1, 0.15) is 0 Å². The molecule has 9 heteroatoms. The zero-order chi connectivity index (χ0) is 23.1. The number of amides is 1. The molecule has 0 saturated heterocycles. The quantitative estimate of drug-likeness (QED) is 0.372. The number of carbonyl (C=O) groups is 1. The van der Waals surface area contributed by atoms with E-state index in [0.29, 0.717) is 30.2 Å². The Hall–Kier alpha value is -2.42. The van der Waals surface area contributed by atoms with Gasteiger partial charge < -0.3 is 15.7 Å². The van der Waals surface area contributed by atoms with E-state index in [9.17, 15) is 18.3 Å². The molecule has 176 valence electrons. The highest BCUT2D eigenvalue weighted by Gasteiger charge is 2.18. The molecule has 0 fully saturated rings. The van der Waals surface area contributed by atoms with Crippen LogP contribution >= 0.6 is 24.0 Å². The van der Waals surface area contributed by atoms with Crippen LogP contribution in [-0.4, -0.2) is 32.5 Å². The Morgan fingerprint density at radius 3 is 2.36 bits per heavy atom. The third-order valence-electron chi connectivity index (χ3n) is 4.86. The molecule has 0 unspecified atom stereocenters. The molecule has 0 heterocycles. The Balaban J connectivity index is 0.00000385. The van der Waals surface area contributed by atoms with Crippen molar-refractivity contribution in [1.29, 1.82) is 0 Å². The number of aliphatic hydroxyl groups excluding tert-OH is 1. The summed E-state index contributed by atoms with van der Waals surface area (Å²) in [5.74, 6) is -0.266. The summed E-state index contributed by atoms with van der Waals surface area (Å²) in [7, 11) is -3.70. The highest BCUT2D eigenvalue weighted by molar-refractivity contribution is 7.91. The van der Waals surface area contributed by atoms with Crippen LogP contribution in [0.4, 0.5) is 5.69 Å². The molecule has 6 nitrogen and oxygen atoms in total. The maximum Gasteiger partial charge on any atom is 0.221 e. The van der Waals surface area contributed by atoms with Crippen LogP contribution < -0.4 is 10.6 Å². The Morgan fingerprint density at radius 1 is 1.00 bits per heavy atom. The summed E-state index contributed by atoms with van der Waals surface area (Å²) in [6, 6.07) is 20.0. The lowest BCUT2D eigenvalue weighted by Gasteiger charge is -2.13. The van der Waals surface area contributed by atoms with Crippen LogP contribution in [-0.2, 0) is 21.1 Å². The van der Waals surface area contributed by atoms with Gasteiger partial charge in [-0.2, -0.15) is 0 Å². The summed E-state index contributed by atoms with van der Waals surface area (Å²) in [5.41, 5.74) is 2.16. The minimum atomic E-state index is -3.70. The number of benzene rings is 3. The van der Waals surface area contributed by atoms with Crippen molar-refractivity contribution in [3.05, 3.63) is 88.9 Å². The van der Waals surface area contributed by atoms with E-state index in [4.69, 9.17) is 11.6 Å². The molecule has 0 aliphatic rings. The minimum Gasteiger partial charge on any atom is -0.387 e. The molecular formula is C24H26Cl2N2O4S. The van der Waals surface area contributed by atoms with Crippen LogP contribution in [0, 0.1) is 0 Å². The van der Waals surface area contributed by atoms with Gasteiger partial charge in [0.15, 0.2) is 0 Å². The molecule has 0 spiro atoms. The SMILES string of the molecule is CC(=O)Nc1cccc(S(=O)(=O)c2ccc(CCNC[C@@H](O)c3cccc(Cl)c3)cc2)c1.Cl. The van der Waals surface area contributed by atoms with Crippen LogP contribution in [0.15, 0.2) is 82.6 Å². The van der Waals surface area contributed by atoms with E-state index in [0.717, 1.165) is 11.1 Å². The molecule has 3 rings (SSSR count). The van der Waals surface area contributed by atoms with Gasteiger partial charge in [-0.15, -0.1) is 12.4 Å². The summed E-state index contributed by atoms with van der Waals surface area (Å²) < 4.78 is 25.8. The van der Waals surface area contributed by atoms with Gasteiger partial charge in [-0.25, -0.2) is 8.42 Å². The first-order valence-corrected chi connectivity index (χ1v) is 12.0. The van der Waals surface area contributed by atoms with Crippen molar-refractivity contribution in [3.8, 4) is 0 Å². The smallest absolute Gasteiger partial charge is 0.221 e. The van der Waals surface area contributed by atoms with Gasteiger partial charge in [0.25, 0.3) is 0 Å². The van der Waals surface area contributed by atoms with Crippen molar-refractivity contribution in [3.63, 3.8) is 0 Å².